The number of H-pyrrole nitrogens is 1. The molecular formula is C27H35N3O7. The fraction of sp³-hybridized carbons (Fsp3) is 0.444. The number of aryl methyl sites for hydroxylation is 1. The van der Waals surface area contributed by atoms with Crippen LogP contribution in [0.25, 0.3) is 5.76 Å². The Morgan fingerprint density at radius 3 is 2.46 bits per heavy atom. The Hall–Kier alpha value is -3.79. The van der Waals surface area contributed by atoms with E-state index >= 15 is 0 Å². The highest BCUT2D eigenvalue weighted by molar-refractivity contribution is 6.46. The van der Waals surface area contributed by atoms with Gasteiger partial charge in [-0.15, -0.1) is 0 Å². The summed E-state index contributed by atoms with van der Waals surface area (Å²) in [7, 11) is 6.83. The molecule has 1 atom stereocenters. The maximum absolute atomic E-state index is 13.4. The molecule has 10 heteroatoms. The van der Waals surface area contributed by atoms with Gasteiger partial charge in [0.1, 0.15) is 11.5 Å². The fourth-order valence-corrected chi connectivity index (χ4v) is 4.77. The lowest BCUT2D eigenvalue weighted by Gasteiger charge is -2.27. The van der Waals surface area contributed by atoms with Gasteiger partial charge in [0, 0.05) is 23.4 Å². The Labute approximate surface area is 216 Å². The highest BCUT2D eigenvalue weighted by Crippen LogP contribution is 2.46. The molecule has 2 heterocycles. The van der Waals surface area contributed by atoms with E-state index in [0.29, 0.717) is 41.3 Å². The molecule has 0 aliphatic carbocycles. The standard InChI is InChI=1S/C27H35N3O7/c1-8-37-27(34)21-15(2)19(16(3)28-21)23(31)20-22(17-11-9-12-18(35-6)25(17)36-7)30(26(33)24(20)32)14-10-13-29(4)5/h9,11-12,22,28,31H,8,10,13-14H2,1-7H3/b23-20+/t22-/m1/s1. The smallest absolute Gasteiger partial charge is 0.355 e. The van der Waals surface area contributed by atoms with Gasteiger partial charge in [-0.3, -0.25) is 9.59 Å². The first kappa shape index (κ1) is 27.8. The summed E-state index contributed by atoms with van der Waals surface area (Å²) < 4.78 is 16.2. The Balaban J connectivity index is 2.26. The van der Waals surface area contributed by atoms with Crippen LogP contribution in [0.3, 0.4) is 0 Å². The third-order valence-corrected chi connectivity index (χ3v) is 6.43. The van der Waals surface area contributed by atoms with Crippen molar-refractivity contribution in [2.45, 2.75) is 33.2 Å². The molecular weight excluding hydrogens is 478 g/mol. The zero-order valence-electron chi connectivity index (χ0n) is 22.4. The largest absolute Gasteiger partial charge is 0.507 e. The molecule has 10 nitrogen and oxygen atoms in total. The summed E-state index contributed by atoms with van der Waals surface area (Å²) in [5, 5.41) is 11.6. The summed E-state index contributed by atoms with van der Waals surface area (Å²) in [5.41, 5.74) is 1.76. The van der Waals surface area contributed by atoms with Gasteiger partial charge in [0.25, 0.3) is 11.7 Å². The molecule has 1 aromatic heterocycles. The van der Waals surface area contributed by atoms with E-state index in [9.17, 15) is 19.5 Å². The average Bonchev–Trinajstić information content (AvgIpc) is 3.30. The molecule has 1 saturated heterocycles. The van der Waals surface area contributed by atoms with Gasteiger partial charge in [-0.2, -0.15) is 0 Å². The van der Waals surface area contributed by atoms with Crippen molar-refractivity contribution in [3.63, 3.8) is 0 Å². The van der Waals surface area contributed by atoms with Crippen molar-refractivity contribution in [3.05, 3.63) is 51.9 Å². The summed E-state index contributed by atoms with van der Waals surface area (Å²) in [6, 6.07) is 4.27. The molecule has 2 N–H and O–H groups in total. The van der Waals surface area contributed by atoms with E-state index in [-0.39, 0.29) is 35.7 Å². The number of rotatable bonds is 10. The monoisotopic (exact) mass is 513 g/mol. The van der Waals surface area contributed by atoms with Crippen molar-refractivity contribution in [2.24, 2.45) is 0 Å². The molecule has 0 saturated carbocycles. The lowest BCUT2D eigenvalue weighted by molar-refractivity contribution is -0.140. The minimum atomic E-state index is -0.924. The van der Waals surface area contributed by atoms with Crippen LogP contribution in [0.1, 0.15) is 52.3 Å². The van der Waals surface area contributed by atoms with Gasteiger partial charge >= 0.3 is 5.97 Å². The van der Waals surface area contributed by atoms with Crippen LogP contribution in [0.5, 0.6) is 11.5 Å². The first-order valence-corrected chi connectivity index (χ1v) is 12.1. The summed E-state index contributed by atoms with van der Waals surface area (Å²) >= 11 is 0. The Morgan fingerprint density at radius 1 is 1.16 bits per heavy atom. The number of benzene rings is 1. The molecule has 2 aromatic rings. The van der Waals surface area contributed by atoms with Crippen molar-refractivity contribution in [3.8, 4) is 11.5 Å². The first-order chi connectivity index (χ1) is 17.6. The van der Waals surface area contributed by atoms with Crippen LogP contribution in [0.4, 0.5) is 0 Å². The number of amides is 1. The lowest BCUT2D eigenvalue weighted by Crippen LogP contribution is -2.32. The number of aliphatic hydroxyl groups excluding tert-OH is 1. The highest BCUT2D eigenvalue weighted by atomic mass is 16.5. The number of carbonyl (C=O) groups is 3. The normalized spacial score (nSPS) is 17.0. The number of nitrogens with zero attached hydrogens (tertiary/aromatic N) is 2. The van der Waals surface area contributed by atoms with Gasteiger partial charge in [-0.25, -0.2) is 4.79 Å². The maximum Gasteiger partial charge on any atom is 0.355 e. The third kappa shape index (κ3) is 5.20. The summed E-state index contributed by atoms with van der Waals surface area (Å²) in [4.78, 5) is 45.6. The van der Waals surface area contributed by atoms with E-state index in [2.05, 4.69) is 4.98 Å². The van der Waals surface area contributed by atoms with Crippen LogP contribution in [0.15, 0.2) is 23.8 Å². The van der Waals surface area contributed by atoms with E-state index in [0.717, 1.165) is 0 Å². The number of likely N-dealkylation sites (tertiary alicyclic amines) is 1. The van der Waals surface area contributed by atoms with Gasteiger partial charge in [0.05, 0.1) is 32.4 Å². The molecule has 0 unspecified atom stereocenters. The van der Waals surface area contributed by atoms with Crippen LogP contribution in [-0.2, 0) is 14.3 Å². The second kappa shape index (κ2) is 11.5. The van der Waals surface area contributed by atoms with Crippen LogP contribution in [0.2, 0.25) is 0 Å². The van der Waals surface area contributed by atoms with E-state index in [4.69, 9.17) is 14.2 Å². The predicted octanol–water partition coefficient (Wildman–Crippen LogP) is 3.20. The zero-order valence-corrected chi connectivity index (χ0v) is 22.4. The number of aromatic amines is 1. The molecule has 1 aliphatic heterocycles. The SMILES string of the molecule is CCOC(=O)c1[nH]c(C)c(/C(O)=C2\C(=O)C(=O)N(CCCN(C)C)[C@@H]2c2cccc(OC)c2OC)c1C. The first-order valence-electron chi connectivity index (χ1n) is 12.1. The number of carbonyl (C=O) groups excluding carboxylic acids is 3. The fourth-order valence-electron chi connectivity index (χ4n) is 4.77. The quantitative estimate of drug-likeness (QED) is 0.215. The van der Waals surface area contributed by atoms with E-state index < -0.39 is 23.7 Å². The topological polar surface area (TPSA) is 121 Å². The number of Topliss-reactive ketones (excluding diaryl/α,β-unsaturated/α-hetero) is 1. The van der Waals surface area contributed by atoms with Crippen LogP contribution < -0.4 is 9.47 Å². The predicted molar refractivity (Wildman–Crippen MR) is 138 cm³/mol. The molecule has 1 amide bonds. The Bertz CT molecular complexity index is 1230. The molecule has 0 spiro atoms. The van der Waals surface area contributed by atoms with E-state index in [1.807, 2.05) is 19.0 Å². The van der Waals surface area contributed by atoms with Crippen LogP contribution in [-0.4, -0.2) is 85.6 Å². The molecule has 3 rings (SSSR count). The van der Waals surface area contributed by atoms with Crippen LogP contribution in [0, 0.1) is 13.8 Å². The number of ketones is 1. The van der Waals surface area contributed by atoms with Crippen molar-refractivity contribution in [1.82, 2.24) is 14.8 Å². The number of esters is 1. The second-order valence-electron chi connectivity index (χ2n) is 9.08. The summed E-state index contributed by atoms with van der Waals surface area (Å²) in [5.74, 6) is -1.68. The Morgan fingerprint density at radius 2 is 1.86 bits per heavy atom. The van der Waals surface area contributed by atoms with Crippen molar-refractivity contribution >= 4 is 23.4 Å². The third-order valence-electron chi connectivity index (χ3n) is 6.43. The number of nitrogens with one attached hydrogen (secondary N) is 1. The summed E-state index contributed by atoms with van der Waals surface area (Å²) in [6.45, 7) is 6.19. The summed E-state index contributed by atoms with van der Waals surface area (Å²) in [6.07, 6.45) is 0.609. The molecule has 1 aliphatic rings. The number of aliphatic hydroxyl groups is 1. The van der Waals surface area contributed by atoms with Crippen molar-refractivity contribution in [1.29, 1.82) is 0 Å². The molecule has 0 radical (unpaired) electrons. The zero-order chi connectivity index (χ0) is 27.4. The number of aromatic nitrogens is 1. The van der Waals surface area contributed by atoms with Gasteiger partial charge in [0.15, 0.2) is 11.5 Å². The number of hydrogen-bond donors (Lipinski definition) is 2. The molecule has 200 valence electrons. The molecule has 1 fully saturated rings. The lowest BCUT2D eigenvalue weighted by atomic mass is 9.93. The van der Waals surface area contributed by atoms with E-state index in [1.165, 1.54) is 19.1 Å². The number of para-hydroxylation sites is 1. The minimum Gasteiger partial charge on any atom is -0.507 e. The average molecular weight is 514 g/mol. The highest BCUT2D eigenvalue weighted by Gasteiger charge is 2.47. The number of hydrogen-bond acceptors (Lipinski definition) is 8. The van der Waals surface area contributed by atoms with Crippen molar-refractivity contribution in [2.75, 3.05) is 48.0 Å². The van der Waals surface area contributed by atoms with Gasteiger partial charge < -0.3 is 34.1 Å². The number of methoxy groups -OCH3 is 2. The molecule has 1 aromatic carbocycles. The van der Waals surface area contributed by atoms with Gasteiger partial charge in [-0.05, 0) is 59.5 Å². The van der Waals surface area contributed by atoms with Gasteiger partial charge in [0.2, 0.25) is 0 Å². The van der Waals surface area contributed by atoms with Gasteiger partial charge in [-0.1, -0.05) is 12.1 Å². The Kier molecular flexibility index (Phi) is 8.65. The minimum absolute atomic E-state index is 0.0815. The van der Waals surface area contributed by atoms with Crippen LogP contribution >= 0.6 is 0 Å². The molecule has 0 bridgehead atoms. The van der Waals surface area contributed by atoms with E-state index in [1.54, 1.807) is 39.0 Å². The maximum atomic E-state index is 13.4. The number of ether oxygens (including phenoxy) is 3. The molecule has 37 heavy (non-hydrogen) atoms. The second-order valence-corrected chi connectivity index (χ2v) is 9.08. The van der Waals surface area contributed by atoms with Crippen molar-refractivity contribution < 1.29 is 33.7 Å².